The molecule has 4 N–H and O–H groups in total. The molecule has 1 atom stereocenters. The Balaban J connectivity index is 0.000000611. The highest BCUT2D eigenvalue weighted by atomic mass is 35.5. The highest BCUT2D eigenvalue weighted by molar-refractivity contribution is 6.32. The largest absolute Gasteiger partial charge is 0.489 e. The van der Waals surface area contributed by atoms with Crippen LogP contribution in [0.4, 0.5) is 11.5 Å². The minimum Gasteiger partial charge on any atom is -0.489 e. The second kappa shape index (κ2) is 24.8. The number of amidine groups is 1. The van der Waals surface area contributed by atoms with Crippen LogP contribution in [0.1, 0.15) is 84.9 Å². The number of unbranched alkanes of at least 4 members (excludes halogenated alkanes) is 3. The van der Waals surface area contributed by atoms with E-state index in [1.807, 2.05) is 82.4 Å². The molecule has 1 aromatic heterocycles. The van der Waals surface area contributed by atoms with Gasteiger partial charge in [0, 0.05) is 44.0 Å². The van der Waals surface area contributed by atoms with Crippen molar-refractivity contribution >= 4 is 40.9 Å². The summed E-state index contributed by atoms with van der Waals surface area (Å²) in [4.78, 5) is 24.3. The number of hydrogen-bond donors (Lipinski definition) is 2. The van der Waals surface area contributed by atoms with Gasteiger partial charge in [-0.3, -0.25) is 4.79 Å². The van der Waals surface area contributed by atoms with Crippen LogP contribution >= 0.6 is 11.6 Å². The molecule has 0 spiro atoms. The average Bonchev–Trinajstić information content (AvgIpc) is 3.27. The van der Waals surface area contributed by atoms with Crippen molar-refractivity contribution in [1.82, 2.24) is 14.9 Å². The number of anilines is 1. The molecule has 2 aliphatic heterocycles. The van der Waals surface area contributed by atoms with Gasteiger partial charge in [0.05, 0.1) is 23.0 Å². The van der Waals surface area contributed by atoms with E-state index in [-0.39, 0.29) is 5.78 Å². The van der Waals surface area contributed by atoms with E-state index in [1.54, 1.807) is 36.4 Å². The summed E-state index contributed by atoms with van der Waals surface area (Å²) in [6.45, 7) is 18.1. The van der Waals surface area contributed by atoms with E-state index >= 15 is 0 Å². The van der Waals surface area contributed by atoms with Crippen molar-refractivity contribution in [2.45, 2.75) is 80.6 Å². The van der Waals surface area contributed by atoms with Crippen LogP contribution in [0.2, 0.25) is 5.02 Å². The summed E-state index contributed by atoms with van der Waals surface area (Å²) < 4.78 is 12.2. The lowest BCUT2D eigenvalue weighted by Gasteiger charge is -2.25. The number of likely N-dealkylation sites (N-methyl/N-ethyl adjacent to an activating group) is 1. The Kier molecular flexibility index (Phi) is 21.0. The Morgan fingerprint density at radius 3 is 2.50 bits per heavy atom. The van der Waals surface area contributed by atoms with Gasteiger partial charge in [0.1, 0.15) is 23.0 Å². The highest BCUT2D eigenvalue weighted by Crippen LogP contribution is 2.34. The van der Waals surface area contributed by atoms with Crippen molar-refractivity contribution in [1.29, 1.82) is 0 Å². The quantitative estimate of drug-likeness (QED) is 0.0840. The van der Waals surface area contributed by atoms with Gasteiger partial charge < -0.3 is 30.7 Å². The summed E-state index contributed by atoms with van der Waals surface area (Å²) in [7, 11) is 3.93. The number of aryl methyl sites for hydroxylation is 1. The van der Waals surface area contributed by atoms with Gasteiger partial charge in [-0.15, -0.1) is 0 Å². The summed E-state index contributed by atoms with van der Waals surface area (Å²) in [5, 5.41) is 6.50. The molecule has 3 heterocycles. The number of aliphatic imine (C=N–C) groups is 1. The molecule has 296 valence electrons. The number of halogens is 1. The van der Waals surface area contributed by atoms with Crippen molar-refractivity contribution in [2.75, 3.05) is 51.8 Å². The molecule has 12 heteroatoms. The van der Waals surface area contributed by atoms with Gasteiger partial charge in [-0.1, -0.05) is 63.8 Å². The standard InChI is InChI=1S/C31H39ClN6O2.C7H13NO.C4H11N/c1-6-9-10-14-37-19-21(4)20-39-28-16-22(5)29(36-31(28)37)30(33)35-23-11-12-27(26(32)17-23)40-25-13-15-38(34-8-3)24(7-2)18-25;1-7(9)5-4-6-8(2)3;1-2-3-4-5/h7-8,11-13,15-18,21H,6,9-10,14,19-20H2,1-5H3,(H2,33,35);4-5H,6H2,1-3H3;2-5H2,1H3/b24-7+,34-8-;5-4+;. The fourth-order valence-corrected chi connectivity index (χ4v) is 5.47. The molecule has 2 aliphatic rings. The summed E-state index contributed by atoms with van der Waals surface area (Å²) in [5.41, 5.74) is 14.7. The fraction of sp³-hybridized carbons (Fsp3) is 0.476. The number of hydrogen-bond acceptors (Lipinski definition) is 10. The Labute approximate surface area is 329 Å². The molecule has 54 heavy (non-hydrogen) atoms. The average molecular weight is 763 g/mol. The third-order valence-corrected chi connectivity index (χ3v) is 8.33. The summed E-state index contributed by atoms with van der Waals surface area (Å²) in [6, 6.07) is 7.37. The van der Waals surface area contributed by atoms with Crippen molar-refractivity contribution in [3.8, 4) is 11.5 Å². The molecule has 0 radical (unpaired) electrons. The first-order valence-corrected chi connectivity index (χ1v) is 19.3. The minimum absolute atomic E-state index is 0.108. The molecule has 0 saturated heterocycles. The second-order valence-corrected chi connectivity index (χ2v) is 13.9. The van der Waals surface area contributed by atoms with Crippen molar-refractivity contribution < 1.29 is 14.3 Å². The lowest BCUT2D eigenvalue weighted by atomic mass is 10.1. The number of hydrazone groups is 1. The van der Waals surface area contributed by atoms with Crippen molar-refractivity contribution in [3.63, 3.8) is 0 Å². The van der Waals surface area contributed by atoms with Crippen LogP contribution in [0.3, 0.4) is 0 Å². The number of aromatic nitrogens is 1. The van der Waals surface area contributed by atoms with Crippen LogP contribution in [-0.2, 0) is 4.79 Å². The van der Waals surface area contributed by atoms with E-state index < -0.39 is 0 Å². The first-order valence-electron chi connectivity index (χ1n) is 18.9. The molecule has 1 aromatic carbocycles. The number of pyridine rings is 1. The maximum Gasteiger partial charge on any atom is 0.172 e. The zero-order valence-corrected chi connectivity index (χ0v) is 34.7. The van der Waals surface area contributed by atoms with Crippen LogP contribution in [0.15, 0.2) is 82.4 Å². The summed E-state index contributed by atoms with van der Waals surface area (Å²) >= 11 is 6.59. The predicted octanol–water partition coefficient (Wildman–Crippen LogP) is 8.55. The van der Waals surface area contributed by atoms with Gasteiger partial charge in [-0.05, 0) is 103 Å². The Morgan fingerprint density at radius 1 is 1.17 bits per heavy atom. The predicted molar refractivity (Wildman–Crippen MR) is 227 cm³/mol. The lowest BCUT2D eigenvalue weighted by molar-refractivity contribution is -0.112. The third kappa shape index (κ3) is 15.9. The number of carbonyl (C=O) groups is 1. The summed E-state index contributed by atoms with van der Waals surface area (Å²) in [5.74, 6) is 3.64. The number of nitrogens with two attached hydrogens (primary N) is 2. The van der Waals surface area contributed by atoms with E-state index in [0.717, 1.165) is 55.4 Å². The zero-order chi connectivity index (χ0) is 40.0. The first-order chi connectivity index (χ1) is 25.9. The molecule has 0 amide bonds. The van der Waals surface area contributed by atoms with Crippen LogP contribution in [0, 0.1) is 12.8 Å². The molecule has 0 saturated carbocycles. The maximum absolute atomic E-state index is 10.3. The van der Waals surface area contributed by atoms with Gasteiger partial charge >= 0.3 is 0 Å². The van der Waals surface area contributed by atoms with E-state index in [2.05, 4.69) is 35.8 Å². The minimum atomic E-state index is 0.108. The van der Waals surface area contributed by atoms with E-state index in [9.17, 15) is 4.79 Å². The number of ether oxygens (including phenoxy) is 2. The topological polar surface area (TPSA) is 135 Å². The highest BCUT2D eigenvalue weighted by Gasteiger charge is 2.24. The molecule has 4 rings (SSSR count). The van der Waals surface area contributed by atoms with Gasteiger partial charge in [-0.2, -0.15) is 5.10 Å². The number of fused-ring (bicyclic) bond motifs is 1. The number of nitrogens with zero attached hydrogens (tertiary/aromatic N) is 6. The molecule has 2 aromatic rings. The lowest BCUT2D eigenvalue weighted by Crippen LogP contribution is -2.30. The number of ketones is 1. The van der Waals surface area contributed by atoms with Gasteiger partial charge in [-0.25, -0.2) is 15.0 Å². The SMILES string of the molecule is C/C=N\N1C=CC(Oc2ccc(N=C(N)c3nc4c(cc3C)OCC(C)CN4CCCCC)cc2Cl)=C/C1=C\C.CC(=O)/C=C/CN(C)C.CCCCN. The number of benzene rings is 1. The number of carbonyl (C=O) groups excluding carboxylic acids is 1. The monoisotopic (exact) mass is 762 g/mol. The van der Waals surface area contributed by atoms with Crippen LogP contribution in [0.5, 0.6) is 11.5 Å². The molecular formula is C42H63ClN8O3. The molecule has 0 aliphatic carbocycles. The van der Waals surface area contributed by atoms with Crippen LogP contribution in [0.25, 0.3) is 0 Å². The number of allylic oxidation sites excluding steroid dienone is 4. The van der Waals surface area contributed by atoms with E-state index in [0.29, 0.717) is 46.3 Å². The second-order valence-electron chi connectivity index (χ2n) is 13.5. The van der Waals surface area contributed by atoms with Gasteiger partial charge in [0.15, 0.2) is 17.4 Å². The van der Waals surface area contributed by atoms with Crippen LogP contribution in [-0.4, -0.2) is 79.6 Å². The van der Waals surface area contributed by atoms with E-state index in [4.69, 9.17) is 37.5 Å². The van der Waals surface area contributed by atoms with Crippen molar-refractivity contribution in [2.24, 2.45) is 27.5 Å². The fourth-order valence-electron chi connectivity index (χ4n) is 5.26. The Hall–Kier alpha value is -4.45. The Morgan fingerprint density at radius 2 is 1.91 bits per heavy atom. The van der Waals surface area contributed by atoms with Crippen molar-refractivity contribution in [3.05, 3.63) is 88.6 Å². The third-order valence-electron chi connectivity index (χ3n) is 8.03. The Bertz CT molecular complexity index is 1660. The number of rotatable bonds is 14. The zero-order valence-electron chi connectivity index (χ0n) is 33.9. The molecular weight excluding hydrogens is 700 g/mol. The normalized spacial score (nSPS) is 16.4. The first kappa shape index (κ1) is 45.7. The van der Waals surface area contributed by atoms with E-state index in [1.165, 1.54) is 25.7 Å². The summed E-state index contributed by atoms with van der Waals surface area (Å²) in [6.07, 6.45) is 18.5. The maximum atomic E-state index is 10.3. The molecule has 0 fully saturated rings. The van der Waals surface area contributed by atoms with Gasteiger partial charge in [0.2, 0.25) is 0 Å². The molecule has 1 unspecified atom stereocenters. The van der Waals surface area contributed by atoms with Gasteiger partial charge in [0.25, 0.3) is 0 Å². The molecule has 11 nitrogen and oxygen atoms in total. The van der Waals surface area contributed by atoms with Crippen LogP contribution < -0.4 is 25.8 Å². The smallest absolute Gasteiger partial charge is 0.172 e. The molecule has 0 bridgehead atoms.